The van der Waals surface area contributed by atoms with Crippen LogP contribution in [0.3, 0.4) is 0 Å². The molecule has 1 heterocycles. The van der Waals surface area contributed by atoms with E-state index in [9.17, 15) is 9.18 Å². The van der Waals surface area contributed by atoms with E-state index in [2.05, 4.69) is 20.6 Å². The summed E-state index contributed by atoms with van der Waals surface area (Å²) in [6.45, 7) is 0.638. The van der Waals surface area contributed by atoms with Gasteiger partial charge in [-0.05, 0) is 37.0 Å². The number of aromatic nitrogens is 2. The average Bonchev–Trinajstić information content (AvgIpc) is 2.65. The quantitative estimate of drug-likeness (QED) is 0.845. The van der Waals surface area contributed by atoms with Gasteiger partial charge >= 0.3 is 0 Å². The molecule has 0 atom stereocenters. The Morgan fingerprint density at radius 2 is 1.76 bits per heavy atom. The molecule has 25 heavy (non-hydrogen) atoms. The lowest BCUT2D eigenvalue weighted by atomic mass is 9.95. The van der Waals surface area contributed by atoms with Crippen molar-refractivity contribution in [2.75, 3.05) is 11.9 Å². The summed E-state index contributed by atoms with van der Waals surface area (Å²) in [5.74, 6) is 0.142. The van der Waals surface area contributed by atoms with Crippen LogP contribution in [0.4, 0.5) is 10.3 Å². The van der Waals surface area contributed by atoms with E-state index < -0.39 is 0 Å². The molecule has 6 heteroatoms. The zero-order valence-corrected chi connectivity index (χ0v) is 14.2. The summed E-state index contributed by atoms with van der Waals surface area (Å²) in [7, 11) is 0. The van der Waals surface area contributed by atoms with Crippen LogP contribution in [0.25, 0.3) is 0 Å². The van der Waals surface area contributed by atoms with E-state index in [4.69, 9.17) is 0 Å². The number of carbonyl (C=O) groups excluding carboxylic acids is 1. The van der Waals surface area contributed by atoms with Crippen LogP contribution in [0.5, 0.6) is 0 Å². The molecule has 0 aliphatic heterocycles. The van der Waals surface area contributed by atoms with Crippen molar-refractivity contribution < 1.29 is 9.18 Å². The highest BCUT2D eigenvalue weighted by Crippen LogP contribution is 2.17. The van der Waals surface area contributed by atoms with Crippen molar-refractivity contribution in [1.82, 2.24) is 15.3 Å². The van der Waals surface area contributed by atoms with Gasteiger partial charge in [0.15, 0.2) is 0 Å². The number of benzene rings is 1. The van der Waals surface area contributed by atoms with E-state index in [1.165, 1.54) is 31.4 Å². The van der Waals surface area contributed by atoms with Crippen LogP contribution >= 0.6 is 0 Å². The van der Waals surface area contributed by atoms with E-state index >= 15 is 0 Å². The molecule has 1 fully saturated rings. The topological polar surface area (TPSA) is 66.9 Å². The van der Waals surface area contributed by atoms with Gasteiger partial charge in [0.1, 0.15) is 5.82 Å². The SMILES string of the molecule is O=C(NC1CCCCC1)c1cnc(NCCc2ccc(F)cc2)nc1. The number of hydrogen-bond acceptors (Lipinski definition) is 4. The van der Waals surface area contributed by atoms with Gasteiger partial charge in [0.05, 0.1) is 5.56 Å². The highest BCUT2D eigenvalue weighted by Gasteiger charge is 2.17. The smallest absolute Gasteiger partial charge is 0.254 e. The van der Waals surface area contributed by atoms with Crippen LogP contribution in [-0.2, 0) is 6.42 Å². The number of hydrogen-bond donors (Lipinski definition) is 2. The van der Waals surface area contributed by atoms with Crippen molar-refractivity contribution >= 4 is 11.9 Å². The maximum Gasteiger partial charge on any atom is 0.254 e. The number of nitrogens with zero attached hydrogens (tertiary/aromatic N) is 2. The van der Waals surface area contributed by atoms with E-state index in [1.54, 1.807) is 24.5 Å². The van der Waals surface area contributed by atoms with Crippen LogP contribution in [-0.4, -0.2) is 28.5 Å². The van der Waals surface area contributed by atoms with Crippen molar-refractivity contribution in [3.63, 3.8) is 0 Å². The Morgan fingerprint density at radius 1 is 1.08 bits per heavy atom. The largest absolute Gasteiger partial charge is 0.354 e. The van der Waals surface area contributed by atoms with Crippen molar-refractivity contribution in [2.24, 2.45) is 0 Å². The van der Waals surface area contributed by atoms with Gasteiger partial charge in [-0.1, -0.05) is 31.4 Å². The number of nitrogens with one attached hydrogen (secondary N) is 2. The van der Waals surface area contributed by atoms with Gasteiger partial charge in [-0.2, -0.15) is 0 Å². The van der Waals surface area contributed by atoms with Crippen molar-refractivity contribution in [2.45, 2.75) is 44.6 Å². The Kier molecular flexibility index (Phi) is 5.93. The molecular formula is C19H23FN4O. The molecule has 1 aromatic heterocycles. The fraction of sp³-hybridized carbons (Fsp3) is 0.421. The number of amides is 1. The molecule has 1 amide bonds. The first-order valence-corrected chi connectivity index (χ1v) is 8.82. The fourth-order valence-electron chi connectivity index (χ4n) is 3.02. The second kappa shape index (κ2) is 8.55. The molecule has 132 valence electrons. The predicted molar refractivity (Wildman–Crippen MR) is 95.0 cm³/mol. The minimum Gasteiger partial charge on any atom is -0.354 e. The van der Waals surface area contributed by atoms with Gasteiger partial charge in [-0.25, -0.2) is 14.4 Å². The molecule has 0 spiro atoms. The first kappa shape index (κ1) is 17.3. The van der Waals surface area contributed by atoms with Crippen LogP contribution < -0.4 is 10.6 Å². The molecule has 0 unspecified atom stereocenters. The molecule has 0 saturated heterocycles. The van der Waals surface area contributed by atoms with Crippen LogP contribution in [0.15, 0.2) is 36.7 Å². The molecule has 2 N–H and O–H groups in total. The van der Waals surface area contributed by atoms with Gasteiger partial charge in [-0.3, -0.25) is 4.79 Å². The lowest BCUT2D eigenvalue weighted by Gasteiger charge is -2.22. The Balaban J connectivity index is 1.46. The number of anilines is 1. The van der Waals surface area contributed by atoms with Gasteiger partial charge in [0, 0.05) is 25.0 Å². The summed E-state index contributed by atoms with van der Waals surface area (Å²) in [4.78, 5) is 20.6. The molecule has 3 rings (SSSR count). The van der Waals surface area contributed by atoms with Gasteiger partial charge in [-0.15, -0.1) is 0 Å². The Bertz CT molecular complexity index is 682. The Labute approximate surface area is 147 Å². The summed E-state index contributed by atoms with van der Waals surface area (Å²) >= 11 is 0. The molecule has 1 aliphatic carbocycles. The minimum atomic E-state index is -0.234. The highest BCUT2D eigenvalue weighted by molar-refractivity contribution is 5.93. The molecule has 1 aromatic carbocycles. The van der Waals surface area contributed by atoms with Crippen molar-refractivity contribution in [3.05, 3.63) is 53.6 Å². The average molecular weight is 342 g/mol. The number of carbonyl (C=O) groups is 1. The predicted octanol–water partition coefficient (Wildman–Crippen LogP) is 3.33. The van der Waals surface area contributed by atoms with Crippen LogP contribution in [0, 0.1) is 5.82 Å². The first-order valence-electron chi connectivity index (χ1n) is 8.82. The third-order valence-corrected chi connectivity index (χ3v) is 4.46. The fourth-order valence-corrected chi connectivity index (χ4v) is 3.02. The second-order valence-electron chi connectivity index (χ2n) is 6.41. The van der Waals surface area contributed by atoms with Crippen molar-refractivity contribution in [1.29, 1.82) is 0 Å². The van der Waals surface area contributed by atoms with Gasteiger partial charge in [0.25, 0.3) is 5.91 Å². The first-order chi connectivity index (χ1) is 12.2. The minimum absolute atomic E-state index is 0.107. The molecule has 2 aromatic rings. The van der Waals surface area contributed by atoms with Crippen LogP contribution in [0.1, 0.15) is 48.0 Å². The van der Waals surface area contributed by atoms with Gasteiger partial charge in [0.2, 0.25) is 5.95 Å². The van der Waals surface area contributed by atoms with Gasteiger partial charge < -0.3 is 10.6 Å². The second-order valence-corrected chi connectivity index (χ2v) is 6.41. The molecule has 5 nitrogen and oxygen atoms in total. The number of rotatable bonds is 6. The van der Waals surface area contributed by atoms with E-state index in [-0.39, 0.29) is 17.8 Å². The maximum absolute atomic E-state index is 12.9. The third-order valence-electron chi connectivity index (χ3n) is 4.46. The normalized spacial score (nSPS) is 14.9. The molecule has 1 saturated carbocycles. The summed E-state index contributed by atoms with van der Waals surface area (Å²) in [6.07, 6.45) is 9.56. The standard InChI is InChI=1S/C19H23FN4O/c20-16-8-6-14(7-9-16)10-11-21-19-22-12-15(13-23-19)18(25)24-17-4-2-1-3-5-17/h6-9,12-13,17H,1-5,10-11H2,(H,24,25)(H,21,22,23). The third kappa shape index (κ3) is 5.24. The maximum atomic E-state index is 12.9. The summed E-state index contributed by atoms with van der Waals surface area (Å²) in [5.41, 5.74) is 1.52. The van der Waals surface area contributed by atoms with Crippen LogP contribution in [0.2, 0.25) is 0 Å². The lowest BCUT2D eigenvalue weighted by Crippen LogP contribution is -2.36. The van der Waals surface area contributed by atoms with E-state index in [0.29, 0.717) is 18.1 Å². The highest BCUT2D eigenvalue weighted by atomic mass is 19.1. The monoisotopic (exact) mass is 342 g/mol. The number of halogens is 1. The lowest BCUT2D eigenvalue weighted by molar-refractivity contribution is 0.0927. The summed E-state index contributed by atoms with van der Waals surface area (Å²) < 4.78 is 12.9. The Morgan fingerprint density at radius 3 is 2.44 bits per heavy atom. The molecule has 0 bridgehead atoms. The molecular weight excluding hydrogens is 319 g/mol. The molecule has 0 radical (unpaired) electrons. The Hall–Kier alpha value is -2.50. The summed E-state index contributed by atoms with van der Waals surface area (Å²) in [5, 5.41) is 6.16. The van der Waals surface area contributed by atoms with Crippen molar-refractivity contribution in [3.8, 4) is 0 Å². The summed E-state index contributed by atoms with van der Waals surface area (Å²) in [6, 6.07) is 6.69. The molecule has 1 aliphatic rings. The van der Waals surface area contributed by atoms with E-state index in [1.807, 2.05) is 0 Å². The van der Waals surface area contributed by atoms with E-state index in [0.717, 1.165) is 24.8 Å². The zero-order valence-electron chi connectivity index (χ0n) is 14.2. The zero-order chi connectivity index (χ0) is 17.5.